The normalized spacial score (nSPS) is 32.3. The van der Waals surface area contributed by atoms with E-state index in [2.05, 4.69) is 29.1 Å². The fourth-order valence-electron chi connectivity index (χ4n) is 1.94. The van der Waals surface area contributed by atoms with Gasteiger partial charge in [0.2, 0.25) is 0 Å². The molecule has 3 atom stereocenters. The molecule has 0 radical (unpaired) electrons. The average Bonchev–Trinajstić information content (AvgIpc) is 2.72. The SMILES string of the molecule is CC1CC(NCc2cnc[nH]2)C(C)O1. The molecule has 2 heterocycles. The van der Waals surface area contributed by atoms with E-state index in [1.165, 1.54) is 0 Å². The maximum Gasteiger partial charge on any atom is 0.0922 e. The van der Waals surface area contributed by atoms with Gasteiger partial charge in [0.05, 0.1) is 18.5 Å². The Hall–Kier alpha value is -0.870. The molecule has 2 N–H and O–H groups in total. The summed E-state index contributed by atoms with van der Waals surface area (Å²) < 4.78 is 5.66. The highest BCUT2D eigenvalue weighted by atomic mass is 16.5. The Labute approximate surface area is 84.1 Å². The van der Waals surface area contributed by atoms with Gasteiger partial charge in [-0.2, -0.15) is 0 Å². The number of aromatic amines is 1. The molecular formula is C10H17N3O. The molecule has 1 aliphatic heterocycles. The number of aromatic nitrogens is 2. The molecule has 1 aromatic rings. The summed E-state index contributed by atoms with van der Waals surface area (Å²) in [6, 6.07) is 0.466. The van der Waals surface area contributed by atoms with Gasteiger partial charge in [-0.05, 0) is 20.3 Å². The second kappa shape index (κ2) is 4.11. The minimum atomic E-state index is 0.313. The summed E-state index contributed by atoms with van der Waals surface area (Å²) in [5.74, 6) is 0. The summed E-state index contributed by atoms with van der Waals surface area (Å²) in [5.41, 5.74) is 1.12. The third-order valence-electron chi connectivity index (χ3n) is 2.71. The van der Waals surface area contributed by atoms with Crippen LogP contribution in [-0.2, 0) is 11.3 Å². The molecular weight excluding hydrogens is 178 g/mol. The number of rotatable bonds is 3. The molecule has 78 valence electrons. The van der Waals surface area contributed by atoms with E-state index in [0.29, 0.717) is 18.2 Å². The minimum absolute atomic E-state index is 0.313. The lowest BCUT2D eigenvalue weighted by molar-refractivity contribution is 0.0604. The molecule has 4 heteroatoms. The number of hydrogen-bond acceptors (Lipinski definition) is 3. The molecule has 4 nitrogen and oxygen atoms in total. The molecule has 14 heavy (non-hydrogen) atoms. The number of H-pyrrole nitrogens is 1. The highest BCUT2D eigenvalue weighted by Gasteiger charge is 2.28. The van der Waals surface area contributed by atoms with Crippen LogP contribution < -0.4 is 5.32 Å². The number of hydrogen-bond donors (Lipinski definition) is 2. The van der Waals surface area contributed by atoms with Crippen molar-refractivity contribution in [1.29, 1.82) is 0 Å². The van der Waals surface area contributed by atoms with Crippen LogP contribution in [0.2, 0.25) is 0 Å². The molecule has 3 unspecified atom stereocenters. The molecule has 0 aliphatic carbocycles. The lowest BCUT2D eigenvalue weighted by Crippen LogP contribution is -2.34. The van der Waals surface area contributed by atoms with E-state index in [1.54, 1.807) is 6.33 Å². The molecule has 1 aliphatic rings. The van der Waals surface area contributed by atoms with Crippen LogP contribution in [0.3, 0.4) is 0 Å². The Kier molecular flexibility index (Phi) is 2.84. The van der Waals surface area contributed by atoms with Crippen LogP contribution in [0.25, 0.3) is 0 Å². The van der Waals surface area contributed by atoms with Crippen molar-refractivity contribution in [2.24, 2.45) is 0 Å². The topological polar surface area (TPSA) is 49.9 Å². The van der Waals surface area contributed by atoms with Crippen molar-refractivity contribution in [3.05, 3.63) is 18.2 Å². The van der Waals surface area contributed by atoms with Crippen molar-refractivity contribution >= 4 is 0 Å². The first-order valence-electron chi connectivity index (χ1n) is 5.12. The van der Waals surface area contributed by atoms with Crippen LogP contribution in [0, 0.1) is 0 Å². The zero-order valence-corrected chi connectivity index (χ0v) is 8.66. The Morgan fingerprint density at radius 1 is 1.64 bits per heavy atom. The highest BCUT2D eigenvalue weighted by Crippen LogP contribution is 2.19. The van der Waals surface area contributed by atoms with Crippen LogP contribution >= 0.6 is 0 Å². The van der Waals surface area contributed by atoms with Crippen molar-refractivity contribution in [3.63, 3.8) is 0 Å². The lowest BCUT2D eigenvalue weighted by Gasteiger charge is -2.14. The van der Waals surface area contributed by atoms with E-state index < -0.39 is 0 Å². The summed E-state index contributed by atoms with van der Waals surface area (Å²) in [6.45, 7) is 5.08. The van der Waals surface area contributed by atoms with Gasteiger partial charge in [0, 0.05) is 24.5 Å². The molecule has 2 rings (SSSR count). The maximum absolute atomic E-state index is 5.66. The molecule has 1 aromatic heterocycles. The van der Waals surface area contributed by atoms with Crippen molar-refractivity contribution in [1.82, 2.24) is 15.3 Å². The van der Waals surface area contributed by atoms with E-state index in [1.807, 2.05) is 6.20 Å². The van der Waals surface area contributed by atoms with Crippen LogP contribution in [0.4, 0.5) is 0 Å². The van der Waals surface area contributed by atoms with Crippen molar-refractivity contribution < 1.29 is 4.74 Å². The lowest BCUT2D eigenvalue weighted by atomic mass is 10.1. The van der Waals surface area contributed by atoms with Gasteiger partial charge in [-0.1, -0.05) is 0 Å². The van der Waals surface area contributed by atoms with Crippen LogP contribution in [0.1, 0.15) is 26.0 Å². The fourth-order valence-corrected chi connectivity index (χ4v) is 1.94. The molecule has 0 spiro atoms. The first kappa shape index (κ1) is 9.68. The van der Waals surface area contributed by atoms with Gasteiger partial charge in [0.1, 0.15) is 0 Å². The predicted octanol–water partition coefficient (Wildman–Crippen LogP) is 1.07. The van der Waals surface area contributed by atoms with E-state index in [4.69, 9.17) is 4.74 Å². The van der Waals surface area contributed by atoms with Gasteiger partial charge < -0.3 is 15.0 Å². The number of nitrogens with one attached hydrogen (secondary N) is 2. The van der Waals surface area contributed by atoms with Crippen LogP contribution in [-0.4, -0.2) is 28.2 Å². The predicted molar refractivity (Wildman–Crippen MR) is 53.8 cm³/mol. The first-order valence-corrected chi connectivity index (χ1v) is 5.12. The summed E-state index contributed by atoms with van der Waals surface area (Å²) in [7, 11) is 0. The third kappa shape index (κ3) is 2.13. The molecule has 0 bridgehead atoms. The second-order valence-electron chi connectivity index (χ2n) is 3.95. The minimum Gasteiger partial charge on any atom is -0.374 e. The molecule has 0 amide bonds. The zero-order chi connectivity index (χ0) is 9.97. The van der Waals surface area contributed by atoms with E-state index in [9.17, 15) is 0 Å². The molecule has 1 saturated heterocycles. The van der Waals surface area contributed by atoms with Crippen molar-refractivity contribution in [2.75, 3.05) is 0 Å². The summed E-state index contributed by atoms with van der Waals surface area (Å²) in [5, 5.41) is 3.47. The van der Waals surface area contributed by atoms with Gasteiger partial charge in [-0.3, -0.25) is 0 Å². The van der Waals surface area contributed by atoms with Crippen molar-refractivity contribution in [2.45, 2.75) is 45.1 Å². The van der Waals surface area contributed by atoms with Gasteiger partial charge in [-0.15, -0.1) is 0 Å². The molecule has 0 saturated carbocycles. The molecule has 1 fully saturated rings. The van der Waals surface area contributed by atoms with E-state index in [-0.39, 0.29) is 0 Å². The number of imidazole rings is 1. The monoisotopic (exact) mass is 195 g/mol. The highest BCUT2D eigenvalue weighted by molar-refractivity contribution is 4.95. The molecule has 0 aromatic carbocycles. The van der Waals surface area contributed by atoms with Gasteiger partial charge >= 0.3 is 0 Å². The van der Waals surface area contributed by atoms with Gasteiger partial charge in [0.15, 0.2) is 0 Å². The largest absolute Gasteiger partial charge is 0.374 e. The fraction of sp³-hybridized carbons (Fsp3) is 0.700. The van der Waals surface area contributed by atoms with E-state index >= 15 is 0 Å². The number of nitrogens with zero attached hydrogens (tertiary/aromatic N) is 1. The Morgan fingerprint density at radius 2 is 2.50 bits per heavy atom. The Morgan fingerprint density at radius 3 is 3.07 bits per heavy atom. The van der Waals surface area contributed by atoms with Crippen molar-refractivity contribution in [3.8, 4) is 0 Å². The summed E-state index contributed by atoms with van der Waals surface area (Å²) in [6.07, 6.45) is 5.33. The summed E-state index contributed by atoms with van der Waals surface area (Å²) in [4.78, 5) is 7.05. The van der Waals surface area contributed by atoms with Crippen LogP contribution in [0.5, 0.6) is 0 Å². The standard InChI is InChI=1S/C10H17N3O/c1-7-3-10(8(2)14-7)12-5-9-4-11-6-13-9/h4,6-8,10,12H,3,5H2,1-2H3,(H,11,13). The first-order chi connectivity index (χ1) is 6.75. The van der Waals surface area contributed by atoms with E-state index in [0.717, 1.165) is 18.7 Å². The van der Waals surface area contributed by atoms with Gasteiger partial charge in [0.25, 0.3) is 0 Å². The average molecular weight is 195 g/mol. The van der Waals surface area contributed by atoms with Gasteiger partial charge in [-0.25, -0.2) is 4.98 Å². The number of ether oxygens (including phenoxy) is 1. The maximum atomic E-state index is 5.66. The summed E-state index contributed by atoms with van der Waals surface area (Å²) >= 11 is 0. The third-order valence-corrected chi connectivity index (χ3v) is 2.71. The van der Waals surface area contributed by atoms with Crippen LogP contribution in [0.15, 0.2) is 12.5 Å². The zero-order valence-electron chi connectivity index (χ0n) is 8.66. The quantitative estimate of drug-likeness (QED) is 0.758. The Balaban J connectivity index is 1.81. The smallest absolute Gasteiger partial charge is 0.0922 e. The Bertz CT molecular complexity index is 273. The second-order valence-corrected chi connectivity index (χ2v) is 3.95.